The van der Waals surface area contributed by atoms with E-state index in [9.17, 15) is 19.2 Å². The van der Waals surface area contributed by atoms with Crippen molar-refractivity contribution in [3.8, 4) is 0 Å². The van der Waals surface area contributed by atoms with Crippen molar-refractivity contribution in [3.05, 3.63) is 75.7 Å². The third kappa shape index (κ3) is 9.52. The Kier molecular flexibility index (Phi) is 12.9. The molecule has 3 aliphatic rings. The van der Waals surface area contributed by atoms with Crippen LogP contribution in [0.15, 0.2) is 53.5 Å². The fourth-order valence-electron chi connectivity index (χ4n) is 9.06. The maximum atomic E-state index is 14.4. The van der Waals surface area contributed by atoms with Gasteiger partial charge in [-0.1, -0.05) is 51.0 Å². The van der Waals surface area contributed by atoms with Crippen LogP contribution < -0.4 is 10.9 Å². The molecule has 0 radical (unpaired) electrons. The fourth-order valence-corrected chi connectivity index (χ4v) is 9.06. The quantitative estimate of drug-likeness (QED) is 0.186. The number of H-pyrrole nitrogens is 1. The third-order valence-electron chi connectivity index (χ3n) is 12.6. The number of urea groups is 1. The Morgan fingerprint density at radius 1 is 0.930 bits per heavy atom. The van der Waals surface area contributed by atoms with Crippen molar-refractivity contribution in [3.63, 3.8) is 0 Å². The molecule has 13 nitrogen and oxygen atoms in total. The number of benzene rings is 2. The van der Waals surface area contributed by atoms with Crippen LogP contribution in [0, 0.1) is 12.8 Å². The predicted molar refractivity (Wildman–Crippen MR) is 222 cm³/mol. The Bertz CT molecular complexity index is 2090. The number of pyridine rings is 1. The van der Waals surface area contributed by atoms with Crippen molar-refractivity contribution in [1.29, 1.82) is 0 Å². The number of unbranched alkanes of at least 4 members (excludes halogenated alkanes) is 1. The number of hydrogen-bond acceptors (Lipinski definition) is 8. The van der Waals surface area contributed by atoms with Gasteiger partial charge in [0.25, 0.3) is 5.56 Å². The second kappa shape index (κ2) is 18.2. The number of aromatic amines is 1. The molecule has 4 aromatic rings. The van der Waals surface area contributed by atoms with Gasteiger partial charge in [-0.2, -0.15) is 5.10 Å². The summed E-state index contributed by atoms with van der Waals surface area (Å²) in [5, 5.41) is 9.59. The van der Waals surface area contributed by atoms with Crippen LogP contribution in [-0.4, -0.2) is 124 Å². The summed E-state index contributed by atoms with van der Waals surface area (Å²) >= 11 is 0. The number of carbonyl (C=O) groups is 3. The SMILES string of the molecule is CCCCC(C)C(=O)OCn1ncc2cc(C[C@@H](NC(=O)N3CCC(c4cc5ccccc5[nH]c4=O)CC3)C(=O)N3CCN(C4CCN(C)CC4)CC3)cc(C)c21. The highest BCUT2D eigenvalue weighted by molar-refractivity contribution is 5.88. The molecule has 7 rings (SSSR count). The van der Waals surface area contributed by atoms with E-state index < -0.39 is 6.04 Å². The third-order valence-corrected chi connectivity index (χ3v) is 12.6. The summed E-state index contributed by atoms with van der Waals surface area (Å²) in [6.45, 7) is 12.1. The number of nitrogens with one attached hydrogen (secondary N) is 2. The van der Waals surface area contributed by atoms with Gasteiger partial charge >= 0.3 is 12.0 Å². The highest BCUT2D eigenvalue weighted by atomic mass is 16.5. The van der Waals surface area contributed by atoms with E-state index in [-0.39, 0.29) is 42.0 Å². The van der Waals surface area contributed by atoms with Gasteiger partial charge in [-0.25, -0.2) is 9.48 Å². The highest BCUT2D eigenvalue weighted by Gasteiger charge is 2.34. The van der Waals surface area contributed by atoms with Gasteiger partial charge in [0.2, 0.25) is 5.91 Å². The molecule has 3 saturated heterocycles. The first-order chi connectivity index (χ1) is 27.6. The van der Waals surface area contributed by atoms with Gasteiger partial charge < -0.3 is 29.7 Å². The number of amides is 3. The molecule has 2 aromatic carbocycles. The molecule has 0 bridgehead atoms. The lowest BCUT2D eigenvalue weighted by Gasteiger charge is -2.43. The molecule has 0 saturated carbocycles. The molecule has 1 unspecified atom stereocenters. The number of hydrogen-bond donors (Lipinski definition) is 2. The molecule has 57 heavy (non-hydrogen) atoms. The summed E-state index contributed by atoms with van der Waals surface area (Å²) in [5.74, 6) is -0.412. The van der Waals surface area contributed by atoms with Crippen LogP contribution >= 0.6 is 0 Å². The van der Waals surface area contributed by atoms with Crippen LogP contribution in [0.3, 0.4) is 0 Å². The van der Waals surface area contributed by atoms with E-state index in [1.807, 2.05) is 61.2 Å². The molecule has 2 atom stereocenters. The van der Waals surface area contributed by atoms with Gasteiger partial charge in [-0.15, -0.1) is 0 Å². The zero-order chi connectivity index (χ0) is 40.1. The van der Waals surface area contributed by atoms with Crippen LogP contribution in [0.4, 0.5) is 4.79 Å². The number of para-hydroxylation sites is 1. The lowest BCUT2D eigenvalue weighted by atomic mass is 9.89. The Morgan fingerprint density at radius 3 is 2.40 bits per heavy atom. The lowest BCUT2D eigenvalue weighted by Crippen LogP contribution is -2.59. The topological polar surface area (TPSA) is 136 Å². The number of piperazine rings is 1. The van der Waals surface area contributed by atoms with Crippen LogP contribution in [0.1, 0.15) is 81.4 Å². The predicted octanol–water partition coefficient (Wildman–Crippen LogP) is 5.25. The summed E-state index contributed by atoms with van der Waals surface area (Å²) < 4.78 is 7.36. The zero-order valence-corrected chi connectivity index (χ0v) is 34.2. The summed E-state index contributed by atoms with van der Waals surface area (Å²) in [5.41, 5.74) is 4.24. The first-order valence-corrected chi connectivity index (χ1v) is 21.1. The van der Waals surface area contributed by atoms with Gasteiger partial charge in [-0.3, -0.25) is 19.3 Å². The largest absolute Gasteiger partial charge is 0.442 e. The Labute approximate surface area is 335 Å². The van der Waals surface area contributed by atoms with E-state index in [0.29, 0.717) is 51.5 Å². The molecule has 2 N–H and O–H groups in total. The van der Waals surface area contributed by atoms with E-state index in [2.05, 4.69) is 39.2 Å². The van der Waals surface area contributed by atoms with Gasteiger partial charge in [0.15, 0.2) is 6.73 Å². The maximum Gasteiger partial charge on any atom is 0.318 e. The van der Waals surface area contributed by atoms with E-state index in [0.717, 1.165) is 96.8 Å². The van der Waals surface area contributed by atoms with Gasteiger partial charge in [-0.05, 0) is 99.8 Å². The number of carbonyl (C=O) groups excluding carboxylic acids is 3. The van der Waals surface area contributed by atoms with Crippen LogP contribution in [0.5, 0.6) is 0 Å². The van der Waals surface area contributed by atoms with Crippen molar-refractivity contribution < 1.29 is 19.1 Å². The summed E-state index contributed by atoms with van der Waals surface area (Å²) in [7, 11) is 2.17. The number of piperidine rings is 2. The van der Waals surface area contributed by atoms with Crippen LogP contribution in [0.2, 0.25) is 0 Å². The van der Waals surface area contributed by atoms with E-state index in [1.54, 1.807) is 15.8 Å². The van der Waals surface area contributed by atoms with Crippen molar-refractivity contribution in [2.24, 2.45) is 5.92 Å². The molecular formula is C44H60N8O5. The van der Waals surface area contributed by atoms with E-state index >= 15 is 0 Å². The molecule has 0 spiro atoms. The van der Waals surface area contributed by atoms with Crippen molar-refractivity contribution in [2.75, 3.05) is 59.4 Å². The first-order valence-electron chi connectivity index (χ1n) is 21.1. The van der Waals surface area contributed by atoms with Crippen LogP contribution in [0.25, 0.3) is 21.8 Å². The van der Waals surface area contributed by atoms with Crippen LogP contribution in [-0.2, 0) is 27.5 Å². The Hall–Kier alpha value is -4.75. The molecule has 3 fully saturated rings. The number of rotatable bonds is 12. The normalized spacial score (nSPS) is 18.9. The van der Waals surface area contributed by atoms with E-state index in [4.69, 9.17) is 4.74 Å². The summed E-state index contributed by atoms with van der Waals surface area (Å²) in [6.07, 6.45) is 8.53. The van der Waals surface area contributed by atoms with E-state index in [1.165, 1.54) is 0 Å². The molecule has 5 heterocycles. The Morgan fingerprint density at radius 2 is 1.67 bits per heavy atom. The summed E-state index contributed by atoms with van der Waals surface area (Å²) in [6, 6.07) is 13.4. The number of ether oxygens (including phenoxy) is 1. The van der Waals surface area contributed by atoms with Crippen molar-refractivity contribution >= 4 is 39.7 Å². The number of fused-ring (bicyclic) bond motifs is 2. The molecule has 3 amide bonds. The minimum atomic E-state index is -0.758. The number of aryl methyl sites for hydroxylation is 1. The number of esters is 1. The Balaban J connectivity index is 1.04. The number of likely N-dealkylation sites (tertiary alicyclic amines) is 2. The highest BCUT2D eigenvalue weighted by Crippen LogP contribution is 2.28. The second-order valence-electron chi connectivity index (χ2n) is 16.6. The average molecular weight is 781 g/mol. The fraction of sp³-hybridized carbons (Fsp3) is 0.568. The number of nitrogens with zero attached hydrogens (tertiary/aromatic N) is 6. The molecule has 2 aromatic heterocycles. The van der Waals surface area contributed by atoms with Crippen molar-refractivity contribution in [1.82, 2.24) is 39.7 Å². The second-order valence-corrected chi connectivity index (χ2v) is 16.6. The van der Waals surface area contributed by atoms with Gasteiger partial charge in [0.05, 0.1) is 17.6 Å². The molecule has 0 aliphatic carbocycles. The summed E-state index contributed by atoms with van der Waals surface area (Å²) in [4.78, 5) is 65.7. The molecule has 13 heteroatoms. The van der Waals surface area contributed by atoms with Crippen molar-refractivity contribution in [2.45, 2.75) is 96.9 Å². The maximum absolute atomic E-state index is 14.4. The zero-order valence-electron chi connectivity index (χ0n) is 34.2. The molecular weight excluding hydrogens is 721 g/mol. The average Bonchev–Trinajstić information content (AvgIpc) is 3.64. The molecule has 306 valence electrons. The minimum Gasteiger partial charge on any atom is -0.442 e. The monoisotopic (exact) mass is 780 g/mol. The van der Waals surface area contributed by atoms with Gasteiger partial charge in [0.1, 0.15) is 6.04 Å². The minimum absolute atomic E-state index is 0.0334. The lowest BCUT2D eigenvalue weighted by molar-refractivity contribution is -0.152. The standard InChI is InChI=1S/C44H60N8O5/c1-5-6-9-30(2)43(55)57-29-52-40-31(3)24-32(25-35(40)28-45-52)26-39(42(54)50-22-20-49(21-23-50)36-14-16-48(4)17-15-36)47-44(56)51-18-12-33(13-19-51)37-27-34-10-7-8-11-38(34)46-41(37)53/h7-8,10-11,24-25,27-28,30,33,36,39H,5-6,9,12-23,26,29H2,1-4H3,(H,46,53)(H,47,56)/t30?,39-/m1/s1. The first kappa shape index (κ1) is 40.4. The van der Waals surface area contributed by atoms with Gasteiger partial charge in [0, 0.05) is 68.2 Å². The molecule has 3 aliphatic heterocycles. The number of aromatic nitrogens is 3. The smallest absolute Gasteiger partial charge is 0.318 e.